The van der Waals surface area contributed by atoms with Gasteiger partial charge in [-0.15, -0.1) is 0 Å². The molecule has 0 aliphatic carbocycles. The predicted molar refractivity (Wildman–Crippen MR) is 132 cm³/mol. The van der Waals surface area contributed by atoms with Crippen LogP contribution in [0.4, 0.5) is 5.13 Å². The van der Waals surface area contributed by atoms with E-state index < -0.39 is 0 Å². The van der Waals surface area contributed by atoms with Crippen LogP contribution in [0.25, 0.3) is 10.2 Å². The quantitative estimate of drug-likeness (QED) is 0.449. The minimum atomic E-state index is 0.279. The van der Waals surface area contributed by atoms with E-state index in [4.69, 9.17) is 9.72 Å². The first kappa shape index (κ1) is 22.0. The Morgan fingerprint density at radius 1 is 1.13 bits per heavy atom. The largest absolute Gasteiger partial charge is 0.494 e. The normalized spacial score (nSPS) is 14.3. The van der Waals surface area contributed by atoms with E-state index in [0.717, 1.165) is 60.5 Å². The van der Waals surface area contributed by atoms with Crippen LogP contribution in [0.5, 0.6) is 5.75 Å². The highest BCUT2D eigenvalue weighted by atomic mass is 32.2. The minimum Gasteiger partial charge on any atom is -0.494 e. The van der Waals surface area contributed by atoms with Crippen molar-refractivity contribution >= 4 is 44.4 Å². The molecule has 0 unspecified atom stereocenters. The van der Waals surface area contributed by atoms with Crippen molar-refractivity contribution in [2.75, 3.05) is 43.9 Å². The van der Waals surface area contributed by atoms with Gasteiger partial charge in [0.25, 0.3) is 0 Å². The molecule has 0 saturated carbocycles. The summed E-state index contributed by atoms with van der Waals surface area (Å²) < 4.78 is 6.66. The van der Waals surface area contributed by atoms with Gasteiger partial charge in [-0.25, -0.2) is 4.98 Å². The van der Waals surface area contributed by atoms with Crippen LogP contribution in [0.2, 0.25) is 0 Å². The van der Waals surface area contributed by atoms with E-state index in [-0.39, 0.29) is 5.91 Å². The van der Waals surface area contributed by atoms with E-state index in [0.29, 0.717) is 6.42 Å². The summed E-state index contributed by atoms with van der Waals surface area (Å²) in [7, 11) is 1.69. The lowest BCUT2D eigenvalue weighted by Crippen LogP contribution is -2.48. The molecule has 1 aliphatic rings. The number of carbonyl (C=O) groups excluding carboxylic acids is 1. The standard InChI is InChI=1S/C24H29N3O2S2/c1-18-10-11-20(29-2)22-23(18)31-24(25-22)27-14-12-26(13-15-27)21(28)9-6-16-30-17-19-7-4-3-5-8-19/h3-5,7-8,10-11H,6,9,12-17H2,1-2H3. The summed E-state index contributed by atoms with van der Waals surface area (Å²) >= 11 is 3.62. The predicted octanol–water partition coefficient (Wildman–Crippen LogP) is 4.98. The number of piperazine rings is 1. The van der Waals surface area contributed by atoms with Gasteiger partial charge in [0.2, 0.25) is 5.91 Å². The molecule has 0 bridgehead atoms. The monoisotopic (exact) mass is 455 g/mol. The van der Waals surface area contributed by atoms with Crippen molar-refractivity contribution in [1.82, 2.24) is 9.88 Å². The molecule has 1 amide bonds. The minimum absolute atomic E-state index is 0.279. The van der Waals surface area contributed by atoms with Crippen molar-refractivity contribution in [3.05, 3.63) is 53.6 Å². The molecule has 0 N–H and O–H groups in total. The molecular weight excluding hydrogens is 426 g/mol. The molecule has 31 heavy (non-hydrogen) atoms. The van der Waals surface area contributed by atoms with Crippen LogP contribution >= 0.6 is 23.1 Å². The molecule has 1 saturated heterocycles. The van der Waals surface area contributed by atoms with Crippen molar-refractivity contribution < 1.29 is 9.53 Å². The Morgan fingerprint density at radius 3 is 2.65 bits per heavy atom. The zero-order chi connectivity index (χ0) is 21.6. The molecule has 164 valence electrons. The Labute approximate surface area is 192 Å². The number of hydrogen-bond acceptors (Lipinski definition) is 6. The summed E-state index contributed by atoms with van der Waals surface area (Å²) in [5.41, 5.74) is 3.50. The molecule has 0 radical (unpaired) electrons. The zero-order valence-electron chi connectivity index (χ0n) is 18.2. The lowest BCUT2D eigenvalue weighted by atomic mass is 10.2. The summed E-state index contributed by atoms with van der Waals surface area (Å²) in [6.45, 7) is 5.30. The second kappa shape index (κ2) is 10.4. The second-order valence-electron chi connectivity index (χ2n) is 7.77. The Balaban J connectivity index is 1.23. The molecule has 5 nitrogen and oxygen atoms in total. The number of aromatic nitrogens is 1. The summed E-state index contributed by atoms with van der Waals surface area (Å²) in [6.07, 6.45) is 1.58. The van der Waals surface area contributed by atoms with E-state index in [1.54, 1.807) is 18.4 Å². The van der Waals surface area contributed by atoms with Crippen LogP contribution < -0.4 is 9.64 Å². The van der Waals surface area contributed by atoms with Crippen LogP contribution in [0, 0.1) is 6.92 Å². The third-order valence-electron chi connectivity index (χ3n) is 5.61. The maximum absolute atomic E-state index is 12.6. The van der Waals surface area contributed by atoms with Gasteiger partial charge in [-0.2, -0.15) is 11.8 Å². The maximum Gasteiger partial charge on any atom is 0.222 e. The fourth-order valence-corrected chi connectivity index (χ4v) is 5.82. The number of thiazole rings is 1. The third kappa shape index (κ3) is 5.33. The zero-order valence-corrected chi connectivity index (χ0v) is 19.8. The van der Waals surface area contributed by atoms with Crippen LogP contribution in [-0.4, -0.2) is 54.8 Å². The number of ether oxygens (including phenoxy) is 1. The van der Waals surface area contributed by atoms with Gasteiger partial charge in [0.05, 0.1) is 11.8 Å². The lowest BCUT2D eigenvalue weighted by Gasteiger charge is -2.34. The van der Waals surface area contributed by atoms with Crippen LogP contribution in [0.15, 0.2) is 42.5 Å². The number of amides is 1. The summed E-state index contributed by atoms with van der Waals surface area (Å²) in [4.78, 5) is 21.8. The first-order valence-corrected chi connectivity index (χ1v) is 12.7. The Morgan fingerprint density at radius 2 is 1.90 bits per heavy atom. The first-order chi connectivity index (χ1) is 15.2. The number of methoxy groups -OCH3 is 1. The molecule has 2 heterocycles. The number of carbonyl (C=O) groups is 1. The van der Waals surface area contributed by atoms with Crippen LogP contribution in [0.1, 0.15) is 24.0 Å². The lowest BCUT2D eigenvalue weighted by molar-refractivity contribution is -0.131. The van der Waals surface area contributed by atoms with Crippen molar-refractivity contribution in [3.63, 3.8) is 0 Å². The van der Waals surface area contributed by atoms with Crippen molar-refractivity contribution in [1.29, 1.82) is 0 Å². The van der Waals surface area contributed by atoms with Crippen molar-refractivity contribution in [2.45, 2.75) is 25.5 Å². The molecule has 3 aromatic rings. The fourth-order valence-electron chi connectivity index (χ4n) is 3.79. The van der Waals surface area contributed by atoms with E-state index in [9.17, 15) is 4.79 Å². The fraction of sp³-hybridized carbons (Fsp3) is 0.417. The van der Waals surface area contributed by atoms with Gasteiger partial charge >= 0.3 is 0 Å². The number of nitrogens with zero attached hydrogens (tertiary/aromatic N) is 3. The number of fused-ring (bicyclic) bond motifs is 1. The molecule has 2 aromatic carbocycles. The van der Waals surface area contributed by atoms with E-state index in [1.807, 2.05) is 28.8 Å². The van der Waals surface area contributed by atoms with Gasteiger partial charge in [-0.3, -0.25) is 4.79 Å². The van der Waals surface area contributed by atoms with E-state index in [1.165, 1.54) is 15.8 Å². The van der Waals surface area contributed by atoms with Gasteiger partial charge in [-0.05, 0) is 36.3 Å². The molecule has 0 spiro atoms. The maximum atomic E-state index is 12.6. The van der Waals surface area contributed by atoms with Gasteiger partial charge in [-0.1, -0.05) is 47.7 Å². The Kier molecular flexibility index (Phi) is 7.35. The molecule has 0 atom stereocenters. The van der Waals surface area contributed by atoms with E-state index >= 15 is 0 Å². The molecular formula is C24H29N3O2S2. The SMILES string of the molecule is COc1ccc(C)c2sc(N3CCN(C(=O)CCCSCc4ccccc4)CC3)nc12. The number of rotatable bonds is 8. The van der Waals surface area contributed by atoms with Gasteiger partial charge in [0.15, 0.2) is 5.13 Å². The average Bonchev–Trinajstić information content (AvgIpc) is 3.26. The molecule has 1 fully saturated rings. The summed E-state index contributed by atoms with van der Waals surface area (Å²) in [6, 6.07) is 14.6. The average molecular weight is 456 g/mol. The molecule has 1 aromatic heterocycles. The Hall–Kier alpha value is -2.25. The summed E-state index contributed by atoms with van der Waals surface area (Å²) in [5, 5.41) is 1.02. The highest BCUT2D eigenvalue weighted by Crippen LogP contribution is 2.36. The van der Waals surface area contributed by atoms with Crippen LogP contribution in [0.3, 0.4) is 0 Å². The number of anilines is 1. The second-order valence-corrected chi connectivity index (χ2v) is 9.85. The van der Waals surface area contributed by atoms with Crippen molar-refractivity contribution in [2.24, 2.45) is 0 Å². The van der Waals surface area contributed by atoms with Crippen LogP contribution in [-0.2, 0) is 10.5 Å². The molecule has 1 aliphatic heterocycles. The highest BCUT2D eigenvalue weighted by molar-refractivity contribution is 7.98. The summed E-state index contributed by atoms with van der Waals surface area (Å²) in [5.74, 6) is 3.14. The first-order valence-electron chi connectivity index (χ1n) is 10.7. The molecule has 4 rings (SSSR count). The topological polar surface area (TPSA) is 45.7 Å². The Bertz CT molecular complexity index is 1010. The number of benzene rings is 2. The van der Waals surface area contributed by atoms with Gasteiger partial charge in [0, 0.05) is 38.4 Å². The van der Waals surface area contributed by atoms with Gasteiger partial charge in [0.1, 0.15) is 11.3 Å². The number of aryl methyl sites for hydroxylation is 1. The number of thioether (sulfide) groups is 1. The highest BCUT2D eigenvalue weighted by Gasteiger charge is 2.23. The van der Waals surface area contributed by atoms with Crippen molar-refractivity contribution in [3.8, 4) is 5.75 Å². The smallest absolute Gasteiger partial charge is 0.222 e. The third-order valence-corrected chi connectivity index (χ3v) is 7.97. The molecule has 7 heteroatoms. The number of hydrogen-bond donors (Lipinski definition) is 0. The van der Waals surface area contributed by atoms with E-state index in [2.05, 4.69) is 42.2 Å². The van der Waals surface area contributed by atoms with Gasteiger partial charge < -0.3 is 14.5 Å².